The van der Waals surface area contributed by atoms with E-state index in [0.29, 0.717) is 0 Å². The Morgan fingerprint density at radius 3 is 2.00 bits per heavy atom. The zero-order valence-electron chi connectivity index (χ0n) is 9.88. The van der Waals surface area contributed by atoms with E-state index in [1.807, 2.05) is 0 Å². The predicted octanol–water partition coefficient (Wildman–Crippen LogP) is 3.23. The number of hydrogen-bond donors (Lipinski definition) is 0. The summed E-state index contributed by atoms with van der Waals surface area (Å²) in [5, 5.41) is 0. The first-order valence-electron chi connectivity index (χ1n) is 5.45. The lowest BCUT2D eigenvalue weighted by molar-refractivity contribution is 0.486. The minimum atomic E-state index is 0.897. The minimum Gasteiger partial charge on any atom is -0.298 e. The maximum Gasteiger partial charge on any atom is 0.132 e. The highest BCUT2D eigenvalue weighted by Crippen LogP contribution is 2.17. The monoisotopic (exact) mass is 192 g/mol. The van der Waals surface area contributed by atoms with E-state index < -0.39 is 0 Å². The molecule has 1 aromatic carbocycles. The SMILES string of the molecule is CCCCc1ccc([N+](C)(C)C)cc1. The van der Waals surface area contributed by atoms with Gasteiger partial charge in [0.25, 0.3) is 0 Å². The van der Waals surface area contributed by atoms with Crippen molar-refractivity contribution < 1.29 is 0 Å². The second kappa shape index (κ2) is 4.61. The Bertz CT molecular complexity index is 266. The fourth-order valence-corrected chi connectivity index (χ4v) is 1.49. The molecule has 1 rings (SSSR count). The molecular weight excluding hydrogens is 170 g/mol. The largest absolute Gasteiger partial charge is 0.298 e. The molecule has 0 aliphatic rings. The second-order valence-corrected chi connectivity index (χ2v) is 4.78. The standard InChI is InChI=1S/C13H22N/c1-5-6-7-12-8-10-13(11-9-12)14(2,3)4/h8-11H,5-7H2,1-4H3/q+1. The first-order chi connectivity index (χ1) is 6.54. The molecule has 0 N–H and O–H groups in total. The van der Waals surface area contributed by atoms with Crippen LogP contribution in [0.25, 0.3) is 0 Å². The summed E-state index contributed by atoms with van der Waals surface area (Å²) in [5.41, 5.74) is 2.83. The molecule has 0 amide bonds. The summed E-state index contributed by atoms with van der Waals surface area (Å²) in [7, 11) is 6.59. The maximum atomic E-state index is 2.26. The van der Waals surface area contributed by atoms with Gasteiger partial charge in [-0.25, -0.2) is 0 Å². The number of aryl methyl sites for hydroxylation is 1. The van der Waals surface area contributed by atoms with Crippen LogP contribution >= 0.6 is 0 Å². The molecule has 0 atom stereocenters. The Morgan fingerprint density at radius 1 is 1.00 bits per heavy atom. The van der Waals surface area contributed by atoms with Crippen LogP contribution < -0.4 is 4.48 Å². The van der Waals surface area contributed by atoms with Gasteiger partial charge in [-0.1, -0.05) is 25.5 Å². The third kappa shape index (κ3) is 3.15. The van der Waals surface area contributed by atoms with Gasteiger partial charge in [0, 0.05) is 0 Å². The van der Waals surface area contributed by atoms with Gasteiger partial charge >= 0.3 is 0 Å². The second-order valence-electron chi connectivity index (χ2n) is 4.78. The molecule has 0 radical (unpaired) electrons. The molecule has 0 fully saturated rings. The Hall–Kier alpha value is -0.820. The van der Waals surface area contributed by atoms with Crippen LogP contribution in [0, 0.1) is 0 Å². The number of unbranched alkanes of at least 4 members (excludes halogenated alkanes) is 1. The van der Waals surface area contributed by atoms with Crippen LogP contribution in [0.2, 0.25) is 0 Å². The van der Waals surface area contributed by atoms with E-state index >= 15 is 0 Å². The highest BCUT2D eigenvalue weighted by Gasteiger charge is 2.10. The molecule has 1 aromatic rings. The average Bonchev–Trinajstić information content (AvgIpc) is 2.14. The van der Waals surface area contributed by atoms with E-state index in [-0.39, 0.29) is 0 Å². The van der Waals surface area contributed by atoms with Crippen LogP contribution in [0.4, 0.5) is 5.69 Å². The topological polar surface area (TPSA) is 0 Å². The third-order valence-corrected chi connectivity index (χ3v) is 2.53. The van der Waals surface area contributed by atoms with Gasteiger partial charge < -0.3 is 0 Å². The van der Waals surface area contributed by atoms with Crippen LogP contribution in [0.15, 0.2) is 24.3 Å². The molecule has 1 nitrogen and oxygen atoms in total. The van der Waals surface area contributed by atoms with Gasteiger partial charge in [0.2, 0.25) is 0 Å². The zero-order valence-corrected chi connectivity index (χ0v) is 9.88. The van der Waals surface area contributed by atoms with Gasteiger partial charge in [-0.3, -0.25) is 4.48 Å². The van der Waals surface area contributed by atoms with Crippen molar-refractivity contribution in [2.45, 2.75) is 26.2 Å². The van der Waals surface area contributed by atoms with Crippen molar-refractivity contribution in [2.75, 3.05) is 21.1 Å². The molecule has 14 heavy (non-hydrogen) atoms. The van der Waals surface area contributed by atoms with Crippen LogP contribution in [0.3, 0.4) is 0 Å². The van der Waals surface area contributed by atoms with Gasteiger partial charge in [0.1, 0.15) is 5.69 Å². The Kier molecular flexibility index (Phi) is 3.70. The lowest BCUT2D eigenvalue weighted by Crippen LogP contribution is -2.34. The van der Waals surface area contributed by atoms with Gasteiger partial charge in [-0.05, 0) is 30.5 Å². The zero-order chi connectivity index (χ0) is 10.6. The number of rotatable bonds is 4. The normalized spacial score (nSPS) is 11.7. The van der Waals surface area contributed by atoms with Gasteiger partial charge in [-0.15, -0.1) is 0 Å². The molecule has 78 valence electrons. The summed E-state index contributed by atoms with van der Waals surface area (Å²) >= 11 is 0. The Labute approximate surface area is 88.0 Å². The van der Waals surface area contributed by atoms with Crippen LogP contribution in [0.5, 0.6) is 0 Å². The fraction of sp³-hybridized carbons (Fsp3) is 0.538. The smallest absolute Gasteiger partial charge is 0.132 e. The van der Waals surface area contributed by atoms with Crippen molar-refractivity contribution >= 4 is 5.69 Å². The Balaban J connectivity index is 2.69. The maximum absolute atomic E-state index is 2.26. The molecule has 0 saturated carbocycles. The molecule has 0 spiro atoms. The molecule has 0 unspecified atom stereocenters. The number of nitrogens with zero attached hydrogens (tertiary/aromatic N) is 1. The van der Waals surface area contributed by atoms with E-state index in [2.05, 4.69) is 52.3 Å². The van der Waals surface area contributed by atoms with Crippen molar-refractivity contribution in [3.63, 3.8) is 0 Å². The van der Waals surface area contributed by atoms with Gasteiger partial charge in [0.05, 0.1) is 21.1 Å². The molecule has 0 aliphatic carbocycles. The summed E-state index contributed by atoms with van der Waals surface area (Å²) in [6, 6.07) is 9.00. The molecular formula is C13H22N+. The van der Waals surface area contributed by atoms with E-state index in [1.54, 1.807) is 0 Å². The fourth-order valence-electron chi connectivity index (χ4n) is 1.49. The molecule has 0 aliphatic heterocycles. The van der Waals surface area contributed by atoms with E-state index in [1.165, 1.54) is 30.5 Å². The van der Waals surface area contributed by atoms with Crippen molar-refractivity contribution in [2.24, 2.45) is 0 Å². The quantitative estimate of drug-likeness (QED) is 0.643. The Morgan fingerprint density at radius 2 is 1.57 bits per heavy atom. The summed E-state index contributed by atoms with van der Waals surface area (Å²) in [6.45, 7) is 2.24. The van der Waals surface area contributed by atoms with Gasteiger partial charge in [-0.2, -0.15) is 0 Å². The van der Waals surface area contributed by atoms with Crippen molar-refractivity contribution in [1.82, 2.24) is 4.48 Å². The summed E-state index contributed by atoms with van der Waals surface area (Å²) in [6.07, 6.45) is 3.79. The van der Waals surface area contributed by atoms with Crippen LogP contribution in [-0.4, -0.2) is 21.1 Å². The summed E-state index contributed by atoms with van der Waals surface area (Å²) in [4.78, 5) is 0. The van der Waals surface area contributed by atoms with E-state index in [4.69, 9.17) is 0 Å². The first kappa shape index (κ1) is 11.3. The predicted molar refractivity (Wildman–Crippen MR) is 64.6 cm³/mol. The van der Waals surface area contributed by atoms with Crippen LogP contribution in [0.1, 0.15) is 25.3 Å². The molecule has 0 heterocycles. The van der Waals surface area contributed by atoms with E-state index in [9.17, 15) is 0 Å². The van der Waals surface area contributed by atoms with Crippen molar-refractivity contribution in [3.05, 3.63) is 29.8 Å². The highest BCUT2D eigenvalue weighted by atomic mass is 15.3. The number of benzene rings is 1. The lowest BCUT2D eigenvalue weighted by Gasteiger charge is -2.23. The summed E-state index contributed by atoms with van der Waals surface area (Å²) in [5.74, 6) is 0. The van der Waals surface area contributed by atoms with E-state index in [0.717, 1.165) is 4.48 Å². The first-order valence-corrected chi connectivity index (χ1v) is 5.45. The van der Waals surface area contributed by atoms with Crippen molar-refractivity contribution in [3.8, 4) is 0 Å². The van der Waals surface area contributed by atoms with Crippen molar-refractivity contribution in [1.29, 1.82) is 0 Å². The summed E-state index contributed by atoms with van der Waals surface area (Å²) < 4.78 is 0.897. The van der Waals surface area contributed by atoms with Crippen LogP contribution in [-0.2, 0) is 6.42 Å². The minimum absolute atomic E-state index is 0.897. The highest BCUT2D eigenvalue weighted by molar-refractivity contribution is 5.42. The molecule has 0 saturated heterocycles. The lowest BCUT2D eigenvalue weighted by atomic mass is 10.1. The molecule has 0 bridgehead atoms. The third-order valence-electron chi connectivity index (χ3n) is 2.53. The average molecular weight is 192 g/mol. The molecule has 1 heteroatoms. The number of quaternary nitrogens is 1. The molecule has 0 aromatic heterocycles. The van der Waals surface area contributed by atoms with Gasteiger partial charge in [0.15, 0.2) is 0 Å². The number of hydrogen-bond acceptors (Lipinski definition) is 0.